The summed E-state index contributed by atoms with van der Waals surface area (Å²) in [4.78, 5) is 11.9. The van der Waals surface area contributed by atoms with Gasteiger partial charge in [-0.1, -0.05) is 19.1 Å². The second-order valence-electron chi connectivity index (χ2n) is 5.05. The molecule has 0 amide bonds. The van der Waals surface area contributed by atoms with Crippen molar-refractivity contribution in [3.8, 4) is 0 Å². The first kappa shape index (κ1) is 15.2. The van der Waals surface area contributed by atoms with E-state index < -0.39 is 10.0 Å². The molecular weight excluding hydrogens is 276 g/mol. The minimum atomic E-state index is -3.52. The van der Waals surface area contributed by atoms with E-state index in [-0.39, 0.29) is 16.7 Å². The van der Waals surface area contributed by atoms with Crippen molar-refractivity contribution >= 4 is 15.8 Å². The zero-order valence-electron chi connectivity index (χ0n) is 11.6. The Balaban J connectivity index is 2.28. The van der Waals surface area contributed by atoms with Gasteiger partial charge in [0.25, 0.3) is 0 Å². The van der Waals surface area contributed by atoms with Gasteiger partial charge in [-0.3, -0.25) is 4.79 Å². The zero-order chi connectivity index (χ0) is 14.8. The number of Topliss-reactive ketones (excluding diaryl/α,β-unsaturated/α-hetero) is 1. The van der Waals surface area contributed by atoms with E-state index in [0.29, 0.717) is 37.9 Å². The average Bonchev–Trinajstić information content (AvgIpc) is 2.47. The summed E-state index contributed by atoms with van der Waals surface area (Å²) in [5, 5.41) is 0. The molecular formula is C14H20N2O3S. The van der Waals surface area contributed by atoms with Crippen molar-refractivity contribution in [2.45, 2.75) is 37.1 Å². The highest BCUT2D eigenvalue weighted by Gasteiger charge is 2.28. The highest BCUT2D eigenvalue weighted by atomic mass is 32.2. The molecule has 0 aromatic heterocycles. The van der Waals surface area contributed by atoms with Gasteiger partial charge in [-0.2, -0.15) is 4.31 Å². The molecule has 0 saturated carbocycles. The molecule has 2 rings (SSSR count). The van der Waals surface area contributed by atoms with E-state index in [1.165, 1.54) is 16.4 Å². The van der Waals surface area contributed by atoms with Gasteiger partial charge >= 0.3 is 0 Å². The van der Waals surface area contributed by atoms with Crippen molar-refractivity contribution in [2.75, 3.05) is 13.1 Å². The van der Waals surface area contributed by atoms with Crippen LogP contribution in [0.5, 0.6) is 0 Å². The second kappa shape index (κ2) is 6.03. The molecule has 0 spiro atoms. The molecule has 1 aliphatic rings. The van der Waals surface area contributed by atoms with Crippen LogP contribution in [0.3, 0.4) is 0 Å². The molecule has 5 nitrogen and oxygen atoms in total. The first-order chi connectivity index (χ1) is 9.45. The first-order valence-electron chi connectivity index (χ1n) is 6.84. The minimum Gasteiger partial charge on any atom is -0.328 e. The Bertz CT molecular complexity index is 590. The van der Waals surface area contributed by atoms with Gasteiger partial charge in [-0.15, -0.1) is 0 Å². The van der Waals surface area contributed by atoms with Crippen LogP contribution in [-0.4, -0.2) is 37.6 Å². The maximum Gasteiger partial charge on any atom is 0.243 e. The standard InChI is InChI=1S/C14H20N2O3S/c1-2-14(17)11-4-3-5-13(10-11)20(18,19)16-8-6-12(15)7-9-16/h3-5,10,12H,2,6-9,15H2,1H3. The molecule has 1 aromatic rings. The minimum absolute atomic E-state index is 0.0530. The van der Waals surface area contributed by atoms with Gasteiger partial charge in [0.15, 0.2) is 5.78 Å². The predicted molar refractivity (Wildman–Crippen MR) is 77.0 cm³/mol. The largest absolute Gasteiger partial charge is 0.328 e. The van der Waals surface area contributed by atoms with Crippen molar-refractivity contribution in [1.29, 1.82) is 0 Å². The maximum atomic E-state index is 12.5. The van der Waals surface area contributed by atoms with Crippen LogP contribution in [-0.2, 0) is 10.0 Å². The predicted octanol–water partition coefficient (Wildman–Crippen LogP) is 1.39. The lowest BCUT2D eigenvalue weighted by Gasteiger charge is -2.29. The summed E-state index contributed by atoms with van der Waals surface area (Å²) in [6, 6.07) is 6.35. The van der Waals surface area contributed by atoms with E-state index in [4.69, 9.17) is 5.73 Å². The fourth-order valence-corrected chi connectivity index (χ4v) is 3.82. The van der Waals surface area contributed by atoms with E-state index in [1.54, 1.807) is 19.1 Å². The third-order valence-corrected chi connectivity index (χ3v) is 5.51. The van der Waals surface area contributed by atoms with Gasteiger partial charge in [-0.05, 0) is 25.0 Å². The fourth-order valence-electron chi connectivity index (χ4n) is 2.30. The van der Waals surface area contributed by atoms with Crippen molar-refractivity contribution in [3.05, 3.63) is 29.8 Å². The Kier molecular flexibility index (Phi) is 4.57. The number of rotatable bonds is 4. The van der Waals surface area contributed by atoms with Crippen LogP contribution >= 0.6 is 0 Å². The average molecular weight is 296 g/mol. The molecule has 0 radical (unpaired) electrons. The van der Waals surface area contributed by atoms with E-state index >= 15 is 0 Å². The number of ketones is 1. The SMILES string of the molecule is CCC(=O)c1cccc(S(=O)(=O)N2CCC(N)CC2)c1. The van der Waals surface area contributed by atoms with Gasteiger partial charge < -0.3 is 5.73 Å². The molecule has 1 heterocycles. The Morgan fingerprint density at radius 1 is 1.35 bits per heavy atom. The number of carbonyl (C=O) groups excluding carboxylic acids is 1. The highest BCUT2D eigenvalue weighted by molar-refractivity contribution is 7.89. The van der Waals surface area contributed by atoms with E-state index in [2.05, 4.69) is 0 Å². The van der Waals surface area contributed by atoms with E-state index in [1.807, 2.05) is 0 Å². The number of hydrogen-bond donors (Lipinski definition) is 1. The van der Waals surface area contributed by atoms with Crippen LogP contribution in [0.15, 0.2) is 29.2 Å². The van der Waals surface area contributed by atoms with Crippen LogP contribution in [0.2, 0.25) is 0 Å². The van der Waals surface area contributed by atoms with Gasteiger partial charge in [-0.25, -0.2) is 8.42 Å². The topological polar surface area (TPSA) is 80.5 Å². The van der Waals surface area contributed by atoms with Gasteiger partial charge in [0.2, 0.25) is 10.0 Å². The number of carbonyl (C=O) groups is 1. The Hall–Kier alpha value is -1.24. The van der Waals surface area contributed by atoms with Crippen molar-refractivity contribution in [3.63, 3.8) is 0 Å². The Labute approximate surface area is 119 Å². The first-order valence-corrected chi connectivity index (χ1v) is 8.28. The number of nitrogens with zero attached hydrogens (tertiary/aromatic N) is 1. The molecule has 0 atom stereocenters. The van der Waals surface area contributed by atoms with E-state index in [0.717, 1.165) is 0 Å². The molecule has 0 aliphatic carbocycles. The zero-order valence-corrected chi connectivity index (χ0v) is 12.4. The quantitative estimate of drug-likeness (QED) is 0.851. The number of sulfonamides is 1. The van der Waals surface area contributed by atoms with Gasteiger partial charge in [0.1, 0.15) is 0 Å². The summed E-state index contributed by atoms with van der Waals surface area (Å²) in [7, 11) is -3.52. The molecule has 2 N–H and O–H groups in total. The van der Waals surface area contributed by atoms with Crippen LogP contribution in [0, 0.1) is 0 Å². The summed E-state index contributed by atoms with van der Waals surface area (Å²) in [5.74, 6) is -0.0530. The van der Waals surface area contributed by atoms with Crippen LogP contribution < -0.4 is 5.73 Å². The molecule has 20 heavy (non-hydrogen) atoms. The number of benzene rings is 1. The Morgan fingerprint density at radius 2 is 2.00 bits per heavy atom. The van der Waals surface area contributed by atoms with E-state index in [9.17, 15) is 13.2 Å². The fraction of sp³-hybridized carbons (Fsp3) is 0.500. The smallest absolute Gasteiger partial charge is 0.243 e. The summed E-state index contributed by atoms with van der Waals surface area (Å²) in [6.07, 6.45) is 1.71. The normalized spacial score (nSPS) is 18.1. The van der Waals surface area contributed by atoms with Gasteiger partial charge in [0.05, 0.1) is 4.90 Å². The second-order valence-corrected chi connectivity index (χ2v) is 6.98. The molecule has 1 aliphatic heterocycles. The third kappa shape index (κ3) is 3.08. The number of nitrogens with two attached hydrogens (primary N) is 1. The molecule has 1 saturated heterocycles. The van der Waals surface area contributed by atoms with Crippen molar-refractivity contribution in [2.24, 2.45) is 5.73 Å². The summed E-state index contributed by atoms with van der Waals surface area (Å²) in [5.41, 5.74) is 6.24. The number of piperidine rings is 1. The maximum absolute atomic E-state index is 12.5. The lowest BCUT2D eigenvalue weighted by Crippen LogP contribution is -2.42. The third-order valence-electron chi connectivity index (χ3n) is 3.61. The molecule has 110 valence electrons. The molecule has 1 fully saturated rings. The summed E-state index contributed by atoms with van der Waals surface area (Å²) in [6.45, 7) is 2.64. The van der Waals surface area contributed by atoms with Crippen molar-refractivity contribution in [1.82, 2.24) is 4.31 Å². The molecule has 6 heteroatoms. The summed E-state index contributed by atoms with van der Waals surface area (Å²) < 4.78 is 26.5. The van der Waals surface area contributed by atoms with Crippen LogP contribution in [0.4, 0.5) is 0 Å². The van der Waals surface area contributed by atoms with Gasteiger partial charge in [0, 0.05) is 31.1 Å². The lowest BCUT2D eigenvalue weighted by molar-refractivity contribution is 0.0988. The molecule has 0 bridgehead atoms. The molecule has 1 aromatic carbocycles. The highest BCUT2D eigenvalue weighted by Crippen LogP contribution is 2.21. The van der Waals surface area contributed by atoms with Crippen molar-refractivity contribution < 1.29 is 13.2 Å². The summed E-state index contributed by atoms with van der Waals surface area (Å²) >= 11 is 0. The Morgan fingerprint density at radius 3 is 2.60 bits per heavy atom. The van der Waals surface area contributed by atoms with Crippen LogP contribution in [0.25, 0.3) is 0 Å². The molecule has 0 unspecified atom stereocenters. The van der Waals surface area contributed by atoms with Crippen LogP contribution in [0.1, 0.15) is 36.5 Å². The lowest BCUT2D eigenvalue weighted by atomic mass is 10.1. The monoisotopic (exact) mass is 296 g/mol. The number of hydrogen-bond acceptors (Lipinski definition) is 4.